The summed E-state index contributed by atoms with van der Waals surface area (Å²) in [6.45, 7) is 3.29. The van der Waals surface area contributed by atoms with E-state index in [4.69, 9.17) is 4.74 Å². The normalized spacial score (nSPS) is 32.9. The van der Waals surface area contributed by atoms with Crippen molar-refractivity contribution in [2.45, 2.75) is 43.8 Å². The van der Waals surface area contributed by atoms with Crippen LogP contribution in [0.3, 0.4) is 0 Å². The summed E-state index contributed by atoms with van der Waals surface area (Å²) in [5.74, 6) is 0. The molecule has 0 aliphatic carbocycles. The van der Waals surface area contributed by atoms with E-state index in [9.17, 15) is 13.5 Å². The summed E-state index contributed by atoms with van der Waals surface area (Å²) >= 11 is 0. The Bertz CT molecular complexity index is 425. The first-order valence-corrected chi connectivity index (χ1v) is 8.11. The van der Waals surface area contributed by atoms with E-state index >= 15 is 0 Å². The molecule has 7 heteroatoms. The molecule has 112 valence electrons. The molecule has 19 heavy (non-hydrogen) atoms. The highest BCUT2D eigenvalue weighted by Gasteiger charge is 2.46. The highest BCUT2D eigenvalue weighted by Crippen LogP contribution is 2.39. The van der Waals surface area contributed by atoms with Gasteiger partial charge in [-0.2, -0.15) is 17.0 Å². The van der Waals surface area contributed by atoms with Crippen LogP contribution >= 0.6 is 0 Å². The molecule has 6 nitrogen and oxygen atoms in total. The van der Waals surface area contributed by atoms with Crippen LogP contribution in [0.5, 0.6) is 0 Å². The third kappa shape index (κ3) is 3.11. The third-order valence-corrected chi connectivity index (χ3v) is 6.11. The lowest BCUT2D eigenvalue weighted by Crippen LogP contribution is -2.55. The van der Waals surface area contributed by atoms with E-state index in [1.54, 1.807) is 14.1 Å². The molecule has 0 bridgehead atoms. The summed E-state index contributed by atoms with van der Waals surface area (Å²) in [4.78, 5) is 0. The van der Waals surface area contributed by atoms with Gasteiger partial charge in [-0.1, -0.05) is 0 Å². The number of ether oxygens (including phenoxy) is 1. The average molecular weight is 292 g/mol. The van der Waals surface area contributed by atoms with Gasteiger partial charge in [-0.3, -0.25) is 0 Å². The van der Waals surface area contributed by atoms with Crippen molar-refractivity contribution in [2.24, 2.45) is 0 Å². The molecule has 0 aromatic heterocycles. The molecule has 0 saturated carbocycles. The summed E-state index contributed by atoms with van der Waals surface area (Å²) in [5, 5.41) is 10.2. The van der Waals surface area contributed by atoms with E-state index in [2.05, 4.69) is 0 Å². The van der Waals surface area contributed by atoms with Crippen LogP contribution in [-0.4, -0.2) is 67.1 Å². The summed E-state index contributed by atoms with van der Waals surface area (Å²) in [5.41, 5.74) is -1.04. The third-order valence-electron chi connectivity index (χ3n) is 4.17. The molecule has 2 rings (SSSR count). The fourth-order valence-corrected chi connectivity index (χ4v) is 4.10. The number of nitrogens with zero attached hydrogens (tertiary/aromatic N) is 2. The Hall–Kier alpha value is -0.210. The maximum absolute atomic E-state index is 12.0. The minimum atomic E-state index is -3.34. The molecule has 0 aromatic carbocycles. The monoisotopic (exact) mass is 292 g/mol. The molecule has 2 aliphatic rings. The maximum atomic E-state index is 12.0. The lowest BCUT2D eigenvalue weighted by molar-refractivity contribution is -0.168. The van der Waals surface area contributed by atoms with E-state index in [0.29, 0.717) is 45.4 Å². The molecule has 1 atom stereocenters. The molecule has 2 saturated heterocycles. The fourth-order valence-electron chi connectivity index (χ4n) is 3.00. The summed E-state index contributed by atoms with van der Waals surface area (Å²) in [7, 11) is -0.249. The smallest absolute Gasteiger partial charge is 0.281 e. The zero-order valence-corrected chi connectivity index (χ0v) is 12.7. The molecule has 1 spiro atoms. The van der Waals surface area contributed by atoms with Crippen molar-refractivity contribution in [1.82, 2.24) is 8.61 Å². The molecule has 0 amide bonds. The van der Waals surface area contributed by atoms with Gasteiger partial charge in [0.1, 0.15) is 0 Å². The van der Waals surface area contributed by atoms with Crippen molar-refractivity contribution >= 4 is 10.2 Å². The van der Waals surface area contributed by atoms with Gasteiger partial charge in [-0.25, -0.2) is 0 Å². The SMILES string of the molecule is CN(C)S(=O)(=O)N1CCC2(CC1)CC(C)(O)CCO2. The van der Waals surface area contributed by atoms with Gasteiger partial charge in [0, 0.05) is 33.6 Å². The van der Waals surface area contributed by atoms with E-state index in [-0.39, 0.29) is 5.60 Å². The number of hydrogen-bond donors (Lipinski definition) is 1. The number of rotatable bonds is 2. The van der Waals surface area contributed by atoms with Crippen molar-refractivity contribution in [1.29, 1.82) is 0 Å². The quantitative estimate of drug-likeness (QED) is 0.789. The van der Waals surface area contributed by atoms with Gasteiger partial charge in [-0.15, -0.1) is 0 Å². The van der Waals surface area contributed by atoms with Crippen molar-refractivity contribution < 1.29 is 18.3 Å². The average Bonchev–Trinajstić information content (AvgIpc) is 2.27. The zero-order chi connectivity index (χ0) is 14.3. The van der Waals surface area contributed by atoms with Crippen LogP contribution in [0.1, 0.15) is 32.6 Å². The van der Waals surface area contributed by atoms with Crippen molar-refractivity contribution in [3.63, 3.8) is 0 Å². The van der Waals surface area contributed by atoms with Gasteiger partial charge < -0.3 is 9.84 Å². The second-order valence-electron chi connectivity index (χ2n) is 6.14. The van der Waals surface area contributed by atoms with Crippen molar-refractivity contribution in [3.05, 3.63) is 0 Å². The first kappa shape index (κ1) is 15.2. The molecular formula is C12H24N2O4S. The van der Waals surface area contributed by atoms with Gasteiger partial charge in [0.05, 0.1) is 17.8 Å². The van der Waals surface area contributed by atoms with Crippen LogP contribution in [0, 0.1) is 0 Å². The maximum Gasteiger partial charge on any atom is 0.281 e. The van der Waals surface area contributed by atoms with Gasteiger partial charge in [-0.05, 0) is 26.2 Å². The minimum absolute atomic E-state index is 0.347. The second kappa shape index (κ2) is 4.96. The van der Waals surface area contributed by atoms with E-state index < -0.39 is 15.8 Å². The van der Waals surface area contributed by atoms with Gasteiger partial charge >= 0.3 is 0 Å². The molecule has 0 aromatic rings. The molecule has 2 aliphatic heterocycles. The van der Waals surface area contributed by atoms with E-state index in [0.717, 1.165) is 0 Å². The van der Waals surface area contributed by atoms with Gasteiger partial charge in [0.15, 0.2) is 0 Å². The van der Waals surface area contributed by atoms with Crippen LogP contribution in [0.2, 0.25) is 0 Å². The predicted molar refractivity (Wildman–Crippen MR) is 72.0 cm³/mol. The molecule has 2 fully saturated rings. The Morgan fingerprint density at radius 1 is 1.21 bits per heavy atom. The number of aliphatic hydroxyl groups is 1. The van der Waals surface area contributed by atoms with E-state index in [1.165, 1.54) is 8.61 Å². The largest absolute Gasteiger partial charge is 0.390 e. The minimum Gasteiger partial charge on any atom is -0.390 e. The highest BCUT2D eigenvalue weighted by atomic mass is 32.2. The zero-order valence-electron chi connectivity index (χ0n) is 11.9. The highest BCUT2D eigenvalue weighted by molar-refractivity contribution is 7.86. The number of piperidine rings is 1. The Morgan fingerprint density at radius 3 is 2.26 bits per heavy atom. The summed E-state index contributed by atoms with van der Waals surface area (Å²) < 4.78 is 32.7. The Morgan fingerprint density at radius 2 is 1.79 bits per heavy atom. The Kier molecular flexibility index (Phi) is 3.97. The van der Waals surface area contributed by atoms with Crippen LogP contribution < -0.4 is 0 Å². The lowest BCUT2D eigenvalue weighted by atomic mass is 9.78. The van der Waals surface area contributed by atoms with Crippen molar-refractivity contribution in [3.8, 4) is 0 Å². The summed E-state index contributed by atoms with van der Waals surface area (Å²) in [6.07, 6.45) is 2.54. The molecule has 1 unspecified atom stereocenters. The predicted octanol–water partition coefficient (Wildman–Crippen LogP) is 0.189. The van der Waals surface area contributed by atoms with Gasteiger partial charge in [0.25, 0.3) is 10.2 Å². The fraction of sp³-hybridized carbons (Fsp3) is 1.00. The summed E-state index contributed by atoms with van der Waals surface area (Å²) in [6, 6.07) is 0. The first-order valence-electron chi connectivity index (χ1n) is 6.71. The lowest BCUT2D eigenvalue weighted by Gasteiger charge is -2.48. The van der Waals surface area contributed by atoms with Crippen LogP contribution in [0.4, 0.5) is 0 Å². The topological polar surface area (TPSA) is 70.1 Å². The Balaban J connectivity index is 2.03. The number of hydrogen-bond acceptors (Lipinski definition) is 4. The van der Waals surface area contributed by atoms with Crippen molar-refractivity contribution in [2.75, 3.05) is 33.8 Å². The van der Waals surface area contributed by atoms with Crippen LogP contribution in [0.25, 0.3) is 0 Å². The van der Waals surface area contributed by atoms with E-state index in [1.807, 2.05) is 6.92 Å². The molecule has 2 heterocycles. The molecular weight excluding hydrogens is 268 g/mol. The standard InChI is InChI=1S/C12H24N2O4S/c1-11(15)6-9-18-12(10-11)4-7-14(8-5-12)19(16,17)13(2)3/h15H,4-10H2,1-3H3. The van der Waals surface area contributed by atoms with Crippen LogP contribution in [-0.2, 0) is 14.9 Å². The second-order valence-corrected chi connectivity index (χ2v) is 8.29. The van der Waals surface area contributed by atoms with Crippen LogP contribution in [0.15, 0.2) is 0 Å². The molecule has 1 N–H and O–H groups in total. The van der Waals surface area contributed by atoms with Gasteiger partial charge in [0.2, 0.25) is 0 Å². The first-order chi connectivity index (χ1) is 8.67. The molecule has 0 radical (unpaired) electrons. The Labute approximate surface area is 115 Å².